The van der Waals surface area contributed by atoms with E-state index in [1.165, 1.54) is 19.4 Å². The lowest BCUT2D eigenvalue weighted by molar-refractivity contribution is -0.117. The Morgan fingerprint density at radius 1 is 1.29 bits per heavy atom. The van der Waals surface area contributed by atoms with E-state index >= 15 is 0 Å². The lowest BCUT2D eigenvalue weighted by Gasteiger charge is -2.19. The Hall–Kier alpha value is -3.68. The molecule has 31 heavy (non-hydrogen) atoms. The molecule has 8 heteroatoms. The van der Waals surface area contributed by atoms with Crippen LogP contribution in [0.1, 0.15) is 25.2 Å². The van der Waals surface area contributed by atoms with Gasteiger partial charge in [-0.15, -0.1) is 0 Å². The number of nitrogens with one attached hydrogen (secondary N) is 1. The first-order chi connectivity index (χ1) is 15.0. The van der Waals surface area contributed by atoms with Gasteiger partial charge < -0.3 is 19.4 Å². The summed E-state index contributed by atoms with van der Waals surface area (Å²) in [6, 6.07) is 11.5. The molecular formula is C23H22FN3O4. The minimum atomic E-state index is -0.393. The predicted octanol–water partition coefficient (Wildman–Crippen LogP) is 4.19. The average molecular weight is 423 g/mol. The molecule has 0 saturated carbocycles. The van der Waals surface area contributed by atoms with Gasteiger partial charge in [-0.2, -0.15) is 0 Å². The van der Waals surface area contributed by atoms with Gasteiger partial charge in [0.2, 0.25) is 11.8 Å². The van der Waals surface area contributed by atoms with Gasteiger partial charge in [0.25, 0.3) is 0 Å². The van der Waals surface area contributed by atoms with E-state index in [0.717, 1.165) is 6.42 Å². The molecule has 2 amide bonds. The number of hydrogen-bond acceptors (Lipinski definition) is 5. The first kappa shape index (κ1) is 20.6. The van der Waals surface area contributed by atoms with Gasteiger partial charge in [0.15, 0.2) is 11.7 Å². The largest absolute Gasteiger partial charge is 0.494 e. The van der Waals surface area contributed by atoms with E-state index in [1.807, 2.05) is 0 Å². The van der Waals surface area contributed by atoms with Crippen LogP contribution in [0.25, 0.3) is 11.3 Å². The van der Waals surface area contributed by atoms with Crippen molar-refractivity contribution in [2.45, 2.75) is 25.7 Å². The van der Waals surface area contributed by atoms with Crippen molar-refractivity contribution >= 4 is 23.2 Å². The molecule has 0 atom stereocenters. The Kier molecular flexibility index (Phi) is 5.97. The van der Waals surface area contributed by atoms with E-state index < -0.39 is 5.82 Å². The van der Waals surface area contributed by atoms with Gasteiger partial charge in [-0.05, 0) is 30.7 Å². The van der Waals surface area contributed by atoms with Crippen LogP contribution in [0.4, 0.5) is 15.8 Å². The van der Waals surface area contributed by atoms with Crippen molar-refractivity contribution in [1.82, 2.24) is 4.98 Å². The molecule has 1 fully saturated rings. The highest BCUT2D eigenvalue weighted by Gasteiger charge is 2.24. The zero-order valence-corrected chi connectivity index (χ0v) is 17.1. The predicted molar refractivity (Wildman–Crippen MR) is 113 cm³/mol. The second kappa shape index (κ2) is 8.99. The molecule has 0 aliphatic carbocycles. The van der Waals surface area contributed by atoms with Gasteiger partial charge in [-0.25, -0.2) is 9.37 Å². The summed E-state index contributed by atoms with van der Waals surface area (Å²) in [6.07, 6.45) is 3.22. The fraction of sp³-hybridized carbons (Fsp3) is 0.261. The summed E-state index contributed by atoms with van der Waals surface area (Å²) >= 11 is 0. The number of nitrogens with zero attached hydrogens (tertiary/aromatic N) is 2. The minimum absolute atomic E-state index is 0.0655. The van der Waals surface area contributed by atoms with E-state index in [1.54, 1.807) is 41.3 Å². The van der Waals surface area contributed by atoms with Crippen LogP contribution in [0.3, 0.4) is 0 Å². The summed E-state index contributed by atoms with van der Waals surface area (Å²) in [6.45, 7) is 0.659. The monoisotopic (exact) mass is 423 g/mol. The Labute approximate surface area is 178 Å². The summed E-state index contributed by atoms with van der Waals surface area (Å²) in [4.78, 5) is 30.2. The highest BCUT2D eigenvalue weighted by atomic mass is 19.1. The van der Waals surface area contributed by atoms with Gasteiger partial charge >= 0.3 is 0 Å². The van der Waals surface area contributed by atoms with E-state index in [9.17, 15) is 14.0 Å². The maximum absolute atomic E-state index is 13.9. The van der Waals surface area contributed by atoms with Crippen molar-refractivity contribution < 1.29 is 23.1 Å². The highest BCUT2D eigenvalue weighted by Crippen LogP contribution is 2.34. The van der Waals surface area contributed by atoms with Crippen LogP contribution in [0.5, 0.6) is 5.75 Å². The molecule has 7 nitrogen and oxygen atoms in total. The van der Waals surface area contributed by atoms with Crippen LogP contribution in [0, 0.1) is 5.82 Å². The number of aryl methyl sites for hydroxylation is 1. The number of anilines is 2. The van der Waals surface area contributed by atoms with Crippen molar-refractivity contribution in [2.75, 3.05) is 23.9 Å². The molecule has 1 aromatic heterocycles. The third-order valence-electron chi connectivity index (χ3n) is 5.09. The smallest absolute Gasteiger partial charge is 0.227 e. The number of benzene rings is 2. The van der Waals surface area contributed by atoms with Gasteiger partial charge in [-0.3, -0.25) is 9.59 Å². The second-order valence-electron chi connectivity index (χ2n) is 7.18. The van der Waals surface area contributed by atoms with Crippen LogP contribution in [0.15, 0.2) is 53.1 Å². The Morgan fingerprint density at radius 2 is 2.13 bits per heavy atom. The Balaban J connectivity index is 1.37. The van der Waals surface area contributed by atoms with Crippen molar-refractivity contribution in [2.24, 2.45) is 0 Å². The molecule has 0 bridgehead atoms. The summed E-state index contributed by atoms with van der Waals surface area (Å²) in [5.41, 5.74) is 1.59. The quantitative estimate of drug-likeness (QED) is 0.616. The number of amides is 2. The number of methoxy groups -OCH3 is 1. The topological polar surface area (TPSA) is 84.7 Å². The van der Waals surface area contributed by atoms with Crippen molar-refractivity contribution in [3.05, 3.63) is 60.4 Å². The fourth-order valence-corrected chi connectivity index (χ4v) is 3.54. The van der Waals surface area contributed by atoms with E-state index in [2.05, 4.69) is 10.3 Å². The van der Waals surface area contributed by atoms with Crippen LogP contribution in [-0.4, -0.2) is 30.5 Å². The first-order valence-electron chi connectivity index (χ1n) is 10.0. The molecule has 160 valence electrons. The third kappa shape index (κ3) is 4.58. The Bertz CT molecular complexity index is 1110. The van der Waals surface area contributed by atoms with E-state index in [-0.39, 0.29) is 24.7 Å². The van der Waals surface area contributed by atoms with Crippen molar-refractivity contribution in [3.63, 3.8) is 0 Å². The molecule has 2 aromatic carbocycles. The van der Waals surface area contributed by atoms with E-state index in [4.69, 9.17) is 9.15 Å². The number of halogens is 1. The minimum Gasteiger partial charge on any atom is -0.494 e. The summed E-state index contributed by atoms with van der Waals surface area (Å²) in [5.74, 6) is 0.652. The van der Waals surface area contributed by atoms with Gasteiger partial charge in [0, 0.05) is 37.6 Å². The highest BCUT2D eigenvalue weighted by molar-refractivity contribution is 5.98. The second-order valence-corrected chi connectivity index (χ2v) is 7.18. The van der Waals surface area contributed by atoms with Crippen molar-refractivity contribution in [3.8, 4) is 17.1 Å². The first-order valence-corrected chi connectivity index (χ1v) is 10.0. The van der Waals surface area contributed by atoms with Gasteiger partial charge in [0.1, 0.15) is 11.6 Å². The number of carbonyl (C=O) groups is 2. The molecule has 0 spiro atoms. The van der Waals surface area contributed by atoms with Crippen LogP contribution in [0.2, 0.25) is 0 Å². The maximum Gasteiger partial charge on any atom is 0.227 e. The average Bonchev–Trinajstić information content (AvgIpc) is 3.41. The lowest BCUT2D eigenvalue weighted by Crippen LogP contribution is -2.24. The Morgan fingerprint density at radius 3 is 2.87 bits per heavy atom. The molecule has 3 aromatic rings. The molecule has 1 aliphatic rings. The van der Waals surface area contributed by atoms with Crippen LogP contribution < -0.4 is 15.0 Å². The summed E-state index contributed by atoms with van der Waals surface area (Å²) in [7, 11) is 1.53. The lowest BCUT2D eigenvalue weighted by atomic mass is 10.2. The van der Waals surface area contributed by atoms with Gasteiger partial charge in [0.05, 0.1) is 24.6 Å². The zero-order valence-electron chi connectivity index (χ0n) is 17.1. The molecule has 2 heterocycles. The zero-order chi connectivity index (χ0) is 21.8. The number of rotatable bonds is 7. The van der Waals surface area contributed by atoms with Crippen LogP contribution in [-0.2, 0) is 16.0 Å². The molecule has 0 unspecified atom stereocenters. The van der Waals surface area contributed by atoms with Crippen LogP contribution >= 0.6 is 0 Å². The molecule has 1 aliphatic heterocycles. The molecule has 1 saturated heterocycles. The third-order valence-corrected chi connectivity index (χ3v) is 5.09. The molecular weight excluding hydrogens is 401 g/mol. The fourth-order valence-electron chi connectivity index (χ4n) is 3.54. The number of hydrogen-bond donors (Lipinski definition) is 1. The molecule has 0 radical (unpaired) electrons. The molecule has 1 N–H and O–H groups in total. The van der Waals surface area contributed by atoms with E-state index in [0.29, 0.717) is 47.3 Å². The standard InChI is InChI=1S/C23H22FN3O4/c1-30-19-13-15(8-9-18(19)27-12-4-7-23(27)29)26-21(28)10-11-22-25-14-20(31-22)16-5-2-3-6-17(16)24/h2-3,5-6,8-9,13-14H,4,7,10-12H2,1H3,(H,26,28). The number of aromatic nitrogens is 1. The normalized spacial score (nSPS) is 13.5. The number of oxazole rings is 1. The SMILES string of the molecule is COc1cc(NC(=O)CCc2ncc(-c3ccccc3F)o2)ccc1N1CCCC1=O. The number of carbonyl (C=O) groups excluding carboxylic acids is 2. The number of ether oxygens (including phenoxy) is 1. The van der Waals surface area contributed by atoms with Gasteiger partial charge in [-0.1, -0.05) is 12.1 Å². The molecule has 4 rings (SSSR count). The maximum atomic E-state index is 13.9. The summed E-state index contributed by atoms with van der Waals surface area (Å²) < 4.78 is 24.9. The van der Waals surface area contributed by atoms with Crippen molar-refractivity contribution in [1.29, 1.82) is 0 Å². The summed E-state index contributed by atoms with van der Waals surface area (Å²) in [5, 5.41) is 2.81.